The highest BCUT2D eigenvalue weighted by molar-refractivity contribution is 7.13. The fraction of sp³-hybridized carbons (Fsp3) is 0.353. The number of Topliss-reactive ketones (excluding diaryl/α,β-unsaturated/α-hetero) is 1. The Kier molecular flexibility index (Phi) is 4.73. The second kappa shape index (κ2) is 6.76. The predicted molar refractivity (Wildman–Crippen MR) is 91.7 cm³/mol. The Labute approximate surface area is 142 Å². The van der Waals surface area contributed by atoms with Crippen molar-refractivity contribution >= 4 is 40.7 Å². The molecule has 2 aromatic rings. The zero-order valence-electron chi connectivity index (χ0n) is 12.8. The van der Waals surface area contributed by atoms with Gasteiger partial charge in [0.1, 0.15) is 0 Å². The van der Waals surface area contributed by atoms with Gasteiger partial charge in [0.05, 0.1) is 9.75 Å². The summed E-state index contributed by atoms with van der Waals surface area (Å²) in [7, 11) is 0. The Morgan fingerprint density at radius 1 is 1.39 bits per heavy atom. The minimum atomic E-state index is -0.0536. The normalized spacial score (nSPS) is 13.4. The van der Waals surface area contributed by atoms with Crippen LogP contribution < -0.4 is 0 Å². The quantitative estimate of drug-likeness (QED) is 0.565. The standard InChI is InChI=1S/C17H17NO3S2/c1-2-3-5-18-8-13-12(10-23-16(13)17(18)21)7-14(20)15-11(9-19)4-6-22-15/h4,6,9-10H,2-3,5,7-8H2,1H3. The molecule has 120 valence electrons. The average molecular weight is 347 g/mol. The number of aldehydes is 1. The Morgan fingerprint density at radius 2 is 2.22 bits per heavy atom. The van der Waals surface area contributed by atoms with Gasteiger partial charge < -0.3 is 4.90 Å². The molecule has 0 spiro atoms. The molecule has 2 aromatic heterocycles. The first-order valence-corrected chi connectivity index (χ1v) is 9.36. The van der Waals surface area contributed by atoms with E-state index in [1.807, 2.05) is 10.3 Å². The number of amides is 1. The first-order chi connectivity index (χ1) is 11.2. The average Bonchev–Trinajstić information content (AvgIpc) is 3.23. The highest BCUT2D eigenvalue weighted by Crippen LogP contribution is 2.33. The lowest BCUT2D eigenvalue weighted by atomic mass is 10.0. The molecule has 0 unspecified atom stereocenters. The van der Waals surface area contributed by atoms with Gasteiger partial charge in [-0.05, 0) is 34.4 Å². The lowest BCUT2D eigenvalue weighted by molar-refractivity contribution is 0.0779. The molecule has 0 aromatic carbocycles. The molecule has 3 heterocycles. The van der Waals surface area contributed by atoms with Crippen LogP contribution in [0, 0.1) is 0 Å². The third-order valence-electron chi connectivity index (χ3n) is 4.02. The molecule has 0 atom stereocenters. The number of rotatable bonds is 7. The molecule has 4 nitrogen and oxygen atoms in total. The number of carbonyl (C=O) groups is 3. The fourth-order valence-corrected chi connectivity index (χ4v) is 4.61. The van der Waals surface area contributed by atoms with Gasteiger partial charge in [-0.1, -0.05) is 13.3 Å². The van der Waals surface area contributed by atoms with Gasteiger partial charge in [0, 0.05) is 25.1 Å². The van der Waals surface area contributed by atoms with Crippen molar-refractivity contribution in [2.75, 3.05) is 6.54 Å². The maximum absolute atomic E-state index is 12.4. The van der Waals surface area contributed by atoms with Crippen molar-refractivity contribution in [3.63, 3.8) is 0 Å². The van der Waals surface area contributed by atoms with Gasteiger partial charge in [-0.25, -0.2) is 0 Å². The first-order valence-electron chi connectivity index (χ1n) is 7.60. The SMILES string of the molecule is CCCCN1Cc2c(CC(=O)c3sccc3C=O)csc2C1=O. The summed E-state index contributed by atoms with van der Waals surface area (Å²) in [5.74, 6) is 0.0315. The van der Waals surface area contributed by atoms with E-state index in [1.165, 1.54) is 22.7 Å². The Balaban J connectivity index is 1.77. The van der Waals surface area contributed by atoms with E-state index >= 15 is 0 Å². The summed E-state index contributed by atoms with van der Waals surface area (Å²) in [5.41, 5.74) is 2.37. The van der Waals surface area contributed by atoms with Gasteiger partial charge in [-0.3, -0.25) is 14.4 Å². The maximum Gasteiger partial charge on any atom is 0.264 e. The number of ketones is 1. The van der Waals surface area contributed by atoms with Crippen LogP contribution in [0.4, 0.5) is 0 Å². The number of fused-ring (bicyclic) bond motifs is 1. The van der Waals surface area contributed by atoms with Crippen molar-refractivity contribution in [3.8, 4) is 0 Å². The number of hydrogen-bond donors (Lipinski definition) is 0. The van der Waals surface area contributed by atoms with E-state index in [9.17, 15) is 14.4 Å². The zero-order chi connectivity index (χ0) is 16.4. The number of thiophene rings is 2. The third kappa shape index (κ3) is 3.01. The van der Waals surface area contributed by atoms with Crippen LogP contribution >= 0.6 is 22.7 Å². The van der Waals surface area contributed by atoms with Crippen molar-refractivity contribution in [2.24, 2.45) is 0 Å². The summed E-state index contributed by atoms with van der Waals surface area (Å²) in [4.78, 5) is 38.9. The van der Waals surface area contributed by atoms with Crippen LogP contribution in [0.1, 0.15) is 60.6 Å². The van der Waals surface area contributed by atoms with E-state index in [-0.39, 0.29) is 18.1 Å². The summed E-state index contributed by atoms with van der Waals surface area (Å²) in [6.07, 6.45) is 3.02. The van der Waals surface area contributed by atoms with Crippen molar-refractivity contribution in [2.45, 2.75) is 32.7 Å². The van der Waals surface area contributed by atoms with Gasteiger partial charge >= 0.3 is 0 Å². The molecule has 0 saturated carbocycles. The van der Waals surface area contributed by atoms with Crippen molar-refractivity contribution in [3.05, 3.63) is 43.3 Å². The molecule has 0 fully saturated rings. The highest BCUT2D eigenvalue weighted by Gasteiger charge is 2.31. The lowest BCUT2D eigenvalue weighted by Gasteiger charge is -2.15. The van der Waals surface area contributed by atoms with E-state index in [4.69, 9.17) is 0 Å². The summed E-state index contributed by atoms with van der Waals surface area (Å²) in [6.45, 7) is 3.47. The molecule has 6 heteroatoms. The first kappa shape index (κ1) is 16.1. The summed E-state index contributed by atoms with van der Waals surface area (Å²) >= 11 is 2.72. The molecule has 0 saturated heterocycles. The lowest BCUT2D eigenvalue weighted by Crippen LogP contribution is -2.24. The second-order valence-corrected chi connectivity index (χ2v) is 7.37. The topological polar surface area (TPSA) is 54.5 Å². The van der Waals surface area contributed by atoms with Crippen LogP contribution in [-0.4, -0.2) is 29.4 Å². The fourth-order valence-electron chi connectivity index (χ4n) is 2.75. The van der Waals surface area contributed by atoms with E-state index in [2.05, 4.69) is 6.92 Å². The molecule has 0 radical (unpaired) electrons. The van der Waals surface area contributed by atoms with Crippen LogP contribution in [0.25, 0.3) is 0 Å². The Morgan fingerprint density at radius 3 is 2.96 bits per heavy atom. The molecule has 1 aliphatic rings. The predicted octanol–water partition coefficient (Wildman–Crippen LogP) is 3.80. The van der Waals surface area contributed by atoms with Crippen LogP contribution in [0.15, 0.2) is 16.8 Å². The molecular formula is C17H17NO3S2. The van der Waals surface area contributed by atoms with Gasteiger partial charge in [-0.15, -0.1) is 22.7 Å². The van der Waals surface area contributed by atoms with E-state index in [1.54, 1.807) is 11.4 Å². The van der Waals surface area contributed by atoms with Crippen molar-refractivity contribution in [1.82, 2.24) is 4.90 Å². The van der Waals surface area contributed by atoms with Crippen LogP contribution in [0.2, 0.25) is 0 Å². The van der Waals surface area contributed by atoms with Gasteiger partial charge in [0.25, 0.3) is 5.91 Å². The summed E-state index contributed by atoms with van der Waals surface area (Å²) in [5, 5.41) is 3.66. The molecule has 3 rings (SSSR count). The largest absolute Gasteiger partial charge is 0.334 e. The molecule has 1 aliphatic heterocycles. The molecule has 0 aliphatic carbocycles. The van der Waals surface area contributed by atoms with Crippen LogP contribution in [0.3, 0.4) is 0 Å². The van der Waals surface area contributed by atoms with Crippen LogP contribution in [-0.2, 0) is 13.0 Å². The van der Waals surface area contributed by atoms with E-state index in [0.29, 0.717) is 17.0 Å². The van der Waals surface area contributed by atoms with Crippen molar-refractivity contribution < 1.29 is 14.4 Å². The van der Waals surface area contributed by atoms with Gasteiger partial charge in [-0.2, -0.15) is 0 Å². The van der Waals surface area contributed by atoms with E-state index < -0.39 is 0 Å². The third-order valence-corrected chi connectivity index (χ3v) is 6.05. The molecule has 0 N–H and O–H groups in total. The minimum absolute atomic E-state index is 0.0536. The Bertz CT molecular complexity index is 760. The van der Waals surface area contributed by atoms with Gasteiger partial charge in [0.15, 0.2) is 12.1 Å². The van der Waals surface area contributed by atoms with Gasteiger partial charge in [0.2, 0.25) is 0 Å². The summed E-state index contributed by atoms with van der Waals surface area (Å²) < 4.78 is 0. The molecule has 0 bridgehead atoms. The minimum Gasteiger partial charge on any atom is -0.334 e. The highest BCUT2D eigenvalue weighted by atomic mass is 32.1. The number of nitrogens with zero attached hydrogens (tertiary/aromatic N) is 1. The molecule has 23 heavy (non-hydrogen) atoms. The number of hydrogen-bond acceptors (Lipinski definition) is 5. The smallest absolute Gasteiger partial charge is 0.264 e. The number of unbranched alkanes of at least 4 members (excludes halogenated alkanes) is 1. The zero-order valence-corrected chi connectivity index (χ0v) is 14.5. The second-order valence-electron chi connectivity index (χ2n) is 5.57. The van der Waals surface area contributed by atoms with E-state index in [0.717, 1.165) is 41.7 Å². The summed E-state index contributed by atoms with van der Waals surface area (Å²) in [6, 6.07) is 1.67. The Hall–Kier alpha value is -1.79. The maximum atomic E-state index is 12.4. The van der Waals surface area contributed by atoms with Crippen molar-refractivity contribution in [1.29, 1.82) is 0 Å². The van der Waals surface area contributed by atoms with Crippen LogP contribution in [0.5, 0.6) is 0 Å². The number of carbonyl (C=O) groups excluding carboxylic acids is 3. The monoisotopic (exact) mass is 347 g/mol. The molecule has 1 amide bonds. The molecular weight excluding hydrogens is 330 g/mol.